The first-order valence-electron chi connectivity index (χ1n) is 11.5. The molecule has 28 heavy (non-hydrogen) atoms. The standard InChI is InChI=1S/C25H40N2O/c1-3-4-5-6-7-8-12-21-28-24-17-15-23(16-18-24)22(2)13-10-9-11-14-25-26-19-20-27-25/h15-20,22H,3-14,21H2,1-2H3,(H,26,27). The number of H-pyrrole nitrogens is 1. The predicted octanol–water partition coefficient (Wildman–Crippen LogP) is 7.45. The van der Waals surface area contributed by atoms with E-state index in [4.69, 9.17) is 4.74 Å². The lowest BCUT2D eigenvalue weighted by molar-refractivity contribution is 0.304. The molecule has 0 radical (unpaired) electrons. The molecule has 3 heteroatoms. The largest absolute Gasteiger partial charge is 0.494 e. The monoisotopic (exact) mass is 384 g/mol. The molecule has 0 saturated carbocycles. The predicted molar refractivity (Wildman–Crippen MR) is 119 cm³/mol. The number of nitrogens with one attached hydrogen (secondary N) is 1. The molecular formula is C25H40N2O. The van der Waals surface area contributed by atoms with Crippen LogP contribution in [0.1, 0.15) is 102 Å². The summed E-state index contributed by atoms with van der Waals surface area (Å²) in [5.74, 6) is 2.74. The summed E-state index contributed by atoms with van der Waals surface area (Å²) in [6.45, 7) is 5.45. The third kappa shape index (κ3) is 9.43. The van der Waals surface area contributed by atoms with Crippen LogP contribution >= 0.6 is 0 Å². The van der Waals surface area contributed by atoms with Crippen LogP contribution in [0.2, 0.25) is 0 Å². The third-order valence-corrected chi connectivity index (χ3v) is 5.57. The molecule has 2 aromatic rings. The molecule has 0 amide bonds. The van der Waals surface area contributed by atoms with Crippen molar-refractivity contribution in [2.24, 2.45) is 0 Å². The highest BCUT2D eigenvalue weighted by Gasteiger charge is 2.06. The van der Waals surface area contributed by atoms with E-state index in [1.54, 1.807) is 0 Å². The van der Waals surface area contributed by atoms with Crippen LogP contribution in [0.3, 0.4) is 0 Å². The zero-order valence-electron chi connectivity index (χ0n) is 18.1. The maximum atomic E-state index is 5.91. The first-order valence-corrected chi connectivity index (χ1v) is 11.5. The summed E-state index contributed by atoms with van der Waals surface area (Å²) in [6.07, 6.45) is 19.1. The summed E-state index contributed by atoms with van der Waals surface area (Å²) >= 11 is 0. The van der Waals surface area contributed by atoms with E-state index >= 15 is 0 Å². The fourth-order valence-corrected chi connectivity index (χ4v) is 3.66. The van der Waals surface area contributed by atoms with Crippen molar-refractivity contribution in [1.29, 1.82) is 0 Å². The number of aromatic amines is 1. The molecule has 3 nitrogen and oxygen atoms in total. The van der Waals surface area contributed by atoms with Gasteiger partial charge in [0.1, 0.15) is 11.6 Å². The summed E-state index contributed by atoms with van der Waals surface area (Å²) < 4.78 is 5.91. The van der Waals surface area contributed by atoms with Gasteiger partial charge in [-0.1, -0.05) is 77.3 Å². The number of unbranched alkanes of at least 4 members (excludes halogenated alkanes) is 8. The van der Waals surface area contributed by atoms with Crippen molar-refractivity contribution < 1.29 is 4.74 Å². The fourth-order valence-electron chi connectivity index (χ4n) is 3.66. The molecule has 1 aromatic carbocycles. The Morgan fingerprint density at radius 1 is 0.893 bits per heavy atom. The fraction of sp³-hybridized carbons (Fsp3) is 0.640. The van der Waals surface area contributed by atoms with Crippen molar-refractivity contribution in [3.05, 3.63) is 48.0 Å². The minimum atomic E-state index is 0.612. The van der Waals surface area contributed by atoms with E-state index in [1.165, 1.54) is 76.2 Å². The Morgan fingerprint density at radius 3 is 2.32 bits per heavy atom. The molecule has 1 unspecified atom stereocenters. The molecule has 0 aliphatic rings. The van der Waals surface area contributed by atoms with Gasteiger partial charge in [-0.05, 0) is 42.9 Å². The molecule has 1 atom stereocenters. The number of aryl methyl sites for hydroxylation is 1. The molecule has 1 N–H and O–H groups in total. The Kier molecular flexibility index (Phi) is 11.5. The van der Waals surface area contributed by atoms with E-state index in [1.807, 2.05) is 12.4 Å². The molecule has 156 valence electrons. The Bertz CT molecular complexity index is 592. The molecule has 0 saturated heterocycles. The third-order valence-electron chi connectivity index (χ3n) is 5.57. The molecule has 1 aromatic heterocycles. The van der Waals surface area contributed by atoms with Crippen molar-refractivity contribution in [2.75, 3.05) is 6.61 Å². The minimum Gasteiger partial charge on any atom is -0.494 e. The van der Waals surface area contributed by atoms with Gasteiger partial charge in [-0.3, -0.25) is 0 Å². The van der Waals surface area contributed by atoms with Crippen LogP contribution in [-0.4, -0.2) is 16.6 Å². The summed E-state index contributed by atoms with van der Waals surface area (Å²) in [4.78, 5) is 7.46. The molecular weight excluding hydrogens is 344 g/mol. The second-order valence-electron chi connectivity index (χ2n) is 8.08. The lowest BCUT2D eigenvalue weighted by Crippen LogP contribution is -1.98. The molecule has 0 fully saturated rings. The van der Waals surface area contributed by atoms with Gasteiger partial charge in [-0.2, -0.15) is 0 Å². The molecule has 1 heterocycles. The SMILES string of the molecule is CCCCCCCCCOc1ccc(C(C)CCCCCc2ncc[nH]2)cc1. The normalized spacial score (nSPS) is 12.2. The van der Waals surface area contributed by atoms with Gasteiger partial charge in [0.2, 0.25) is 0 Å². The van der Waals surface area contributed by atoms with E-state index in [-0.39, 0.29) is 0 Å². The van der Waals surface area contributed by atoms with Gasteiger partial charge in [0.25, 0.3) is 0 Å². The highest BCUT2D eigenvalue weighted by molar-refractivity contribution is 5.29. The van der Waals surface area contributed by atoms with Gasteiger partial charge in [0.15, 0.2) is 0 Å². The maximum absolute atomic E-state index is 5.91. The van der Waals surface area contributed by atoms with Crippen molar-refractivity contribution in [2.45, 2.75) is 96.8 Å². The Morgan fingerprint density at radius 2 is 1.61 bits per heavy atom. The highest BCUT2D eigenvalue weighted by Crippen LogP contribution is 2.24. The van der Waals surface area contributed by atoms with Gasteiger partial charge >= 0.3 is 0 Å². The van der Waals surface area contributed by atoms with Gasteiger partial charge in [-0.15, -0.1) is 0 Å². The summed E-state index contributed by atoms with van der Waals surface area (Å²) in [5, 5.41) is 0. The maximum Gasteiger partial charge on any atom is 0.119 e. The first-order chi connectivity index (χ1) is 13.8. The minimum absolute atomic E-state index is 0.612. The Balaban J connectivity index is 1.53. The zero-order chi connectivity index (χ0) is 19.9. The summed E-state index contributed by atoms with van der Waals surface area (Å²) in [5.41, 5.74) is 1.43. The van der Waals surface area contributed by atoms with Crippen molar-refractivity contribution in [3.8, 4) is 5.75 Å². The lowest BCUT2D eigenvalue weighted by atomic mass is 9.95. The molecule has 0 spiro atoms. The van der Waals surface area contributed by atoms with Crippen molar-refractivity contribution in [3.63, 3.8) is 0 Å². The summed E-state index contributed by atoms with van der Waals surface area (Å²) in [7, 11) is 0. The van der Waals surface area contributed by atoms with Crippen LogP contribution in [0.15, 0.2) is 36.7 Å². The van der Waals surface area contributed by atoms with E-state index in [0.717, 1.165) is 24.6 Å². The number of benzene rings is 1. The average molecular weight is 385 g/mol. The van der Waals surface area contributed by atoms with Crippen LogP contribution in [0.4, 0.5) is 0 Å². The van der Waals surface area contributed by atoms with Gasteiger partial charge in [-0.25, -0.2) is 4.98 Å². The number of rotatable bonds is 16. The number of ether oxygens (including phenoxy) is 1. The van der Waals surface area contributed by atoms with Crippen LogP contribution in [0.5, 0.6) is 5.75 Å². The van der Waals surface area contributed by atoms with Crippen LogP contribution in [0.25, 0.3) is 0 Å². The van der Waals surface area contributed by atoms with Crippen molar-refractivity contribution in [1.82, 2.24) is 9.97 Å². The smallest absolute Gasteiger partial charge is 0.119 e. The zero-order valence-corrected chi connectivity index (χ0v) is 18.1. The second kappa shape index (κ2) is 14.3. The molecule has 0 bridgehead atoms. The topological polar surface area (TPSA) is 37.9 Å². The van der Waals surface area contributed by atoms with Crippen LogP contribution in [-0.2, 0) is 6.42 Å². The van der Waals surface area contributed by atoms with E-state index in [0.29, 0.717) is 5.92 Å². The summed E-state index contributed by atoms with van der Waals surface area (Å²) in [6, 6.07) is 8.77. The first kappa shape index (κ1) is 22.5. The number of hydrogen-bond acceptors (Lipinski definition) is 2. The van der Waals surface area contributed by atoms with Crippen molar-refractivity contribution >= 4 is 0 Å². The van der Waals surface area contributed by atoms with Gasteiger partial charge in [0.05, 0.1) is 6.61 Å². The average Bonchev–Trinajstić information content (AvgIpc) is 3.23. The molecule has 0 aliphatic carbocycles. The van der Waals surface area contributed by atoms with E-state index in [2.05, 4.69) is 48.1 Å². The number of imidazole rings is 1. The Hall–Kier alpha value is -1.77. The lowest BCUT2D eigenvalue weighted by Gasteiger charge is -2.13. The molecule has 0 aliphatic heterocycles. The van der Waals surface area contributed by atoms with Crippen LogP contribution < -0.4 is 4.74 Å². The molecule has 2 rings (SSSR count). The van der Waals surface area contributed by atoms with Crippen LogP contribution in [0, 0.1) is 0 Å². The number of hydrogen-bond donors (Lipinski definition) is 1. The van der Waals surface area contributed by atoms with Gasteiger partial charge < -0.3 is 9.72 Å². The highest BCUT2D eigenvalue weighted by atomic mass is 16.5. The van der Waals surface area contributed by atoms with Gasteiger partial charge in [0, 0.05) is 18.8 Å². The Labute approximate surface area is 172 Å². The van der Waals surface area contributed by atoms with E-state index < -0.39 is 0 Å². The van der Waals surface area contributed by atoms with E-state index in [9.17, 15) is 0 Å². The number of aromatic nitrogens is 2. The number of nitrogens with zero attached hydrogens (tertiary/aromatic N) is 1. The second-order valence-corrected chi connectivity index (χ2v) is 8.08. The quantitative estimate of drug-likeness (QED) is 0.305.